The first-order valence-electron chi connectivity index (χ1n) is 9.76. The van der Waals surface area contributed by atoms with E-state index in [2.05, 4.69) is 36.1 Å². The summed E-state index contributed by atoms with van der Waals surface area (Å²) in [5, 5.41) is 9.66. The summed E-state index contributed by atoms with van der Waals surface area (Å²) in [6, 6.07) is 8.76. The van der Waals surface area contributed by atoms with Crippen LogP contribution in [0.4, 0.5) is 0 Å². The molecule has 1 aromatic rings. The molecule has 0 aromatic heterocycles. The van der Waals surface area contributed by atoms with Gasteiger partial charge in [0.2, 0.25) is 5.91 Å². The van der Waals surface area contributed by atoms with Gasteiger partial charge in [0.15, 0.2) is 0 Å². The predicted molar refractivity (Wildman–Crippen MR) is 100 cm³/mol. The van der Waals surface area contributed by atoms with Crippen LogP contribution in [0.1, 0.15) is 50.7 Å². The molecule has 0 saturated carbocycles. The number of likely N-dealkylation sites (tertiary alicyclic amines) is 2. The van der Waals surface area contributed by atoms with Crippen LogP contribution in [0.15, 0.2) is 24.3 Å². The van der Waals surface area contributed by atoms with E-state index >= 15 is 0 Å². The van der Waals surface area contributed by atoms with Crippen molar-refractivity contribution in [2.75, 3.05) is 26.2 Å². The Morgan fingerprint density at radius 2 is 1.84 bits per heavy atom. The average Bonchev–Trinajstić information content (AvgIpc) is 2.60. The van der Waals surface area contributed by atoms with Gasteiger partial charge in [-0.2, -0.15) is 0 Å². The van der Waals surface area contributed by atoms with Crippen LogP contribution in [0.2, 0.25) is 0 Å². The number of aliphatic hydroxyl groups is 1. The highest BCUT2D eigenvalue weighted by Gasteiger charge is 2.41. The molecule has 1 N–H and O–H groups in total. The van der Waals surface area contributed by atoms with E-state index < -0.39 is 6.10 Å². The van der Waals surface area contributed by atoms with Crippen molar-refractivity contribution in [2.45, 2.75) is 58.6 Å². The third-order valence-corrected chi connectivity index (χ3v) is 6.04. The van der Waals surface area contributed by atoms with Gasteiger partial charge in [-0.3, -0.25) is 9.69 Å². The highest BCUT2D eigenvalue weighted by atomic mass is 16.3. The first-order chi connectivity index (χ1) is 12.0. The second-order valence-electron chi connectivity index (χ2n) is 8.02. The van der Waals surface area contributed by atoms with Crippen molar-refractivity contribution < 1.29 is 9.90 Å². The third-order valence-electron chi connectivity index (χ3n) is 6.04. The van der Waals surface area contributed by atoms with Crippen LogP contribution in [0, 0.1) is 5.41 Å². The number of amides is 1. The quantitative estimate of drug-likeness (QED) is 0.893. The highest BCUT2D eigenvalue weighted by Crippen LogP contribution is 2.40. The number of rotatable bonds is 5. The second kappa shape index (κ2) is 7.88. The molecule has 2 saturated heterocycles. The van der Waals surface area contributed by atoms with E-state index in [1.165, 1.54) is 11.1 Å². The van der Waals surface area contributed by atoms with E-state index in [4.69, 9.17) is 0 Å². The lowest BCUT2D eigenvalue weighted by Gasteiger charge is -2.47. The van der Waals surface area contributed by atoms with Crippen LogP contribution in [-0.2, 0) is 17.8 Å². The molecule has 1 atom stereocenters. The molecule has 2 aliphatic rings. The molecule has 1 unspecified atom stereocenters. The van der Waals surface area contributed by atoms with Gasteiger partial charge in [-0.1, -0.05) is 31.2 Å². The van der Waals surface area contributed by atoms with E-state index in [1.54, 1.807) is 6.92 Å². The van der Waals surface area contributed by atoms with Gasteiger partial charge in [-0.25, -0.2) is 0 Å². The fourth-order valence-corrected chi connectivity index (χ4v) is 4.48. The van der Waals surface area contributed by atoms with E-state index in [0.717, 1.165) is 51.9 Å². The van der Waals surface area contributed by atoms with Gasteiger partial charge in [0.05, 0.1) is 6.10 Å². The molecular weight excluding hydrogens is 312 g/mol. The van der Waals surface area contributed by atoms with E-state index in [1.807, 2.05) is 4.90 Å². The smallest absolute Gasteiger partial charge is 0.222 e. The van der Waals surface area contributed by atoms with Gasteiger partial charge in [-0.05, 0) is 62.2 Å². The van der Waals surface area contributed by atoms with Gasteiger partial charge in [-0.15, -0.1) is 0 Å². The lowest BCUT2D eigenvalue weighted by Crippen LogP contribution is -2.52. The van der Waals surface area contributed by atoms with Crippen molar-refractivity contribution in [3.05, 3.63) is 35.4 Å². The first kappa shape index (κ1) is 18.4. The standard InChI is InChI=1S/C21H32N2O2/c1-3-18-6-4-5-7-19(18)15-22-12-10-21(11-13-22)9-8-20(25)23(16-21)14-17(2)24/h4-7,17,24H,3,8-16H2,1-2H3. The number of β-amino-alcohol motifs (C(OH)–C–C–N with tert-alkyl or cyclic N) is 1. The third kappa shape index (κ3) is 4.42. The van der Waals surface area contributed by atoms with Crippen molar-refractivity contribution in [3.63, 3.8) is 0 Å². The lowest BCUT2D eigenvalue weighted by molar-refractivity contribution is -0.140. The van der Waals surface area contributed by atoms with Gasteiger partial charge >= 0.3 is 0 Å². The number of aryl methyl sites for hydroxylation is 1. The second-order valence-corrected chi connectivity index (χ2v) is 8.02. The molecule has 138 valence electrons. The summed E-state index contributed by atoms with van der Waals surface area (Å²) in [5.74, 6) is 0.214. The number of hydrogen-bond acceptors (Lipinski definition) is 3. The summed E-state index contributed by atoms with van der Waals surface area (Å²) in [6.07, 6.45) is 4.62. The van der Waals surface area contributed by atoms with Crippen LogP contribution >= 0.6 is 0 Å². The number of carbonyl (C=O) groups excluding carboxylic acids is 1. The Labute approximate surface area is 151 Å². The van der Waals surface area contributed by atoms with Gasteiger partial charge < -0.3 is 10.0 Å². The molecule has 0 bridgehead atoms. The minimum absolute atomic E-state index is 0.214. The summed E-state index contributed by atoms with van der Waals surface area (Å²) in [5.41, 5.74) is 3.17. The number of aliphatic hydroxyl groups excluding tert-OH is 1. The number of nitrogens with zero attached hydrogens (tertiary/aromatic N) is 2. The zero-order chi connectivity index (χ0) is 17.9. The number of hydrogen-bond donors (Lipinski definition) is 1. The maximum Gasteiger partial charge on any atom is 0.222 e. The number of piperidine rings is 2. The topological polar surface area (TPSA) is 43.8 Å². The van der Waals surface area contributed by atoms with Gasteiger partial charge in [0, 0.05) is 26.1 Å². The monoisotopic (exact) mass is 344 g/mol. The Kier molecular flexibility index (Phi) is 5.80. The Hall–Kier alpha value is -1.39. The van der Waals surface area contributed by atoms with Gasteiger partial charge in [0.1, 0.15) is 0 Å². The van der Waals surface area contributed by atoms with Crippen LogP contribution in [-0.4, -0.2) is 53.1 Å². The van der Waals surface area contributed by atoms with Crippen molar-refractivity contribution in [3.8, 4) is 0 Å². The van der Waals surface area contributed by atoms with E-state index in [-0.39, 0.29) is 11.3 Å². The summed E-state index contributed by atoms with van der Waals surface area (Å²) >= 11 is 0. The molecule has 0 radical (unpaired) electrons. The lowest BCUT2D eigenvalue weighted by atomic mass is 9.72. The summed E-state index contributed by atoms with van der Waals surface area (Å²) in [7, 11) is 0. The maximum atomic E-state index is 12.1. The van der Waals surface area contributed by atoms with Crippen LogP contribution < -0.4 is 0 Å². The predicted octanol–water partition coefficient (Wildman–Crippen LogP) is 2.83. The zero-order valence-electron chi connectivity index (χ0n) is 15.7. The fraction of sp³-hybridized carbons (Fsp3) is 0.667. The SMILES string of the molecule is CCc1ccccc1CN1CCC2(CCC(=O)N(CC(C)O)C2)CC1. The molecule has 2 heterocycles. The Morgan fingerprint density at radius 1 is 1.16 bits per heavy atom. The van der Waals surface area contributed by atoms with Crippen LogP contribution in [0.3, 0.4) is 0 Å². The Balaban J connectivity index is 1.58. The molecule has 2 aliphatic heterocycles. The van der Waals surface area contributed by atoms with Crippen LogP contribution in [0.25, 0.3) is 0 Å². The Bertz CT molecular complexity index is 591. The molecule has 3 rings (SSSR count). The minimum Gasteiger partial charge on any atom is -0.392 e. The summed E-state index contributed by atoms with van der Waals surface area (Å²) < 4.78 is 0. The first-order valence-corrected chi connectivity index (χ1v) is 9.76. The molecule has 4 nitrogen and oxygen atoms in total. The molecule has 0 aliphatic carbocycles. The summed E-state index contributed by atoms with van der Waals surface area (Å²) in [4.78, 5) is 16.6. The molecule has 25 heavy (non-hydrogen) atoms. The van der Waals surface area contributed by atoms with Crippen LogP contribution in [0.5, 0.6) is 0 Å². The van der Waals surface area contributed by atoms with Crippen molar-refractivity contribution in [1.29, 1.82) is 0 Å². The number of benzene rings is 1. The molecule has 2 fully saturated rings. The Morgan fingerprint density at radius 3 is 2.48 bits per heavy atom. The van der Waals surface area contributed by atoms with Gasteiger partial charge in [0.25, 0.3) is 0 Å². The normalized spacial score (nSPS) is 22.4. The van der Waals surface area contributed by atoms with E-state index in [9.17, 15) is 9.90 Å². The zero-order valence-corrected chi connectivity index (χ0v) is 15.7. The molecule has 1 spiro atoms. The highest BCUT2D eigenvalue weighted by molar-refractivity contribution is 5.77. The van der Waals surface area contributed by atoms with Crippen molar-refractivity contribution in [2.24, 2.45) is 5.41 Å². The molecule has 1 amide bonds. The fourth-order valence-electron chi connectivity index (χ4n) is 4.48. The molecule has 4 heteroatoms. The number of carbonyl (C=O) groups is 1. The largest absolute Gasteiger partial charge is 0.392 e. The van der Waals surface area contributed by atoms with Crippen molar-refractivity contribution >= 4 is 5.91 Å². The molecular formula is C21H32N2O2. The minimum atomic E-state index is -0.440. The maximum absolute atomic E-state index is 12.1. The van der Waals surface area contributed by atoms with Crippen molar-refractivity contribution in [1.82, 2.24) is 9.80 Å². The summed E-state index contributed by atoms with van der Waals surface area (Å²) in [6.45, 7) is 8.55. The van der Waals surface area contributed by atoms with E-state index in [0.29, 0.717) is 13.0 Å². The average molecular weight is 344 g/mol. The molecule has 1 aromatic carbocycles.